The second-order valence-corrected chi connectivity index (χ2v) is 5.00. The molecule has 4 nitrogen and oxygen atoms in total. The van der Waals surface area contributed by atoms with Crippen LogP contribution < -0.4 is 17.3 Å². The van der Waals surface area contributed by atoms with Crippen molar-refractivity contribution in [3.63, 3.8) is 0 Å². The number of nitrogens with zero attached hydrogens (tertiary/aromatic N) is 3. The van der Waals surface area contributed by atoms with E-state index in [-0.39, 0.29) is 18.1 Å². The number of rotatable bonds is 1. The van der Waals surface area contributed by atoms with Crippen molar-refractivity contribution in [2.75, 3.05) is 33.1 Å². The molecule has 0 saturated heterocycles. The predicted octanol–water partition coefficient (Wildman–Crippen LogP) is -0.112. The van der Waals surface area contributed by atoms with Gasteiger partial charge in [0, 0.05) is 21.0 Å². The van der Waals surface area contributed by atoms with E-state index in [1.807, 2.05) is 0 Å². The number of hydrogen-bond donors (Lipinski definition) is 0. The zero-order valence-electron chi connectivity index (χ0n) is 13.1. The predicted molar refractivity (Wildman–Crippen MR) is 75.8 cm³/mol. The van der Waals surface area contributed by atoms with E-state index in [1.54, 1.807) is 39.7 Å². The molecule has 0 heterocycles. The maximum Gasteiger partial charge on any atom is 0.416 e. The number of carbonyl (C=O) groups excluding carboxylic acids is 1. The van der Waals surface area contributed by atoms with Gasteiger partial charge in [0.25, 0.3) is 5.84 Å². The fraction of sp³-hybridized carbons (Fsp3) is 0.429. The van der Waals surface area contributed by atoms with Crippen molar-refractivity contribution in [2.24, 2.45) is 0 Å². The number of anilines is 1. The van der Waals surface area contributed by atoms with Gasteiger partial charge < -0.3 is 17.3 Å². The summed E-state index contributed by atoms with van der Waals surface area (Å²) in [5.74, 6) is 0.521. The maximum atomic E-state index is 12.8. The van der Waals surface area contributed by atoms with Crippen molar-refractivity contribution < 1.29 is 34.9 Å². The van der Waals surface area contributed by atoms with Crippen molar-refractivity contribution in [3.8, 4) is 0 Å². The highest BCUT2D eigenvalue weighted by Crippen LogP contribution is 2.31. The van der Waals surface area contributed by atoms with Gasteiger partial charge in [-0.3, -0.25) is 4.58 Å². The summed E-state index contributed by atoms with van der Waals surface area (Å²) in [7, 11) is 6.54. The largest absolute Gasteiger partial charge is 1.00 e. The summed E-state index contributed by atoms with van der Waals surface area (Å²) in [6, 6.07) is 4.29. The molecule has 124 valence electrons. The Kier molecular flexibility index (Phi) is 6.89. The molecule has 0 spiro atoms. The number of amidine groups is 1. The Balaban J connectivity index is 0.00000441. The highest BCUT2D eigenvalue weighted by molar-refractivity contribution is 6.13. The molecule has 0 bridgehead atoms. The number of urea groups is 1. The van der Waals surface area contributed by atoms with Gasteiger partial charge in [-0.1, -0.05) is 6.07 Å². The van der Waals surface area contributed by atoms with Gasteiger partial charge in [0.15, 0.2) is 0 Å². The van der Waals surface area contributed by atoms with E-state index < -0.39 is 17.8 Å². The second-order valence-electron chi connectivity index (χ2n) is 5.00. The van der Waals surface area contributed by atoms with Gasteiger partial charge >= 0.3 is 12.2 Å². The SMILES string of the molecule is CC(N(C(=O)N(C)C)c1cccc(C(F)(F)F)c1)=[N+](C)C.[Cl-]. The average Bonchev–Trinajstić information content (AvgIpc) is 2.37. The molecule has 8 heteroatoms. The van der Waals surface area contributed by atoms with Crippen molar-refractivity contribution in [1.29, 1.82) is 0 Å². The van der Waals surface area contributed by atoms with Crippen molar-refractivity contribution in [2.45, 2.75) is 13.1 Å². The molecular weight excluding hydrogens is 319 g/mol. The first kappa shape index (κ1) is 20.2. The monoisotopic (exact) mass is 337 g/mol. The number of hydrogen-bond acceptors (Lipinski definition) is 1. The molecule has 1 aromatic carbocycles. The van der Waals surface area contributed by atoms with E-state index >= 15 is 0 Å². The van der Waals surface area contributed by atoms with E-state index in [0.717, 1.165) is 12.1 Å². The lowest BCUT2D eigenvalue weighted by Gasteiger charge is -2.20. The van der Waals surface area contributed by atoms with Crippen LogP contribution in [0.2, 0.25) is 0 Å². The Hall–Kier alpha value is -1.76. The van der Waals surface area contributed by atoms with Crippen LogP contribution in [-0.2, 0) is 6.18 Å². The van der Waals surface area contributed by atoms with Crippen LogP contribution in [0.5, 0.6) is 0 Å². The molecule has 0 atom stereocenters. The van der Waals surface area contributed by atoms with Gasteiger partial charge in [-0.05, 0) is 18.2 Å². The lowest BCUT2D eigenvalue weighted by atomic mass is 10.2. The quantitative estimate of drug-likeness (QED) is 0.399. The number of halogens is 4. The van der Waals surface area contributed by atoms with E-state index in [2.05, 4.69) is 0 Å². The maximum absolute atomic E-state index is 12.8. The summed E-state index contributed by atoms with van der Waals surface area (Å²) in [5.41, 5.74) is -0.613. The van der Waals surface area contributed by atoms with Crippen LogP contribution in [0.15, 0.2) is 24.3 Å². The topological polar surface area (TPSA) is 26.6 Å². The molecule has 0 aromatic heterocycles. The van der Waals surface area contributed by atoms with Crippen LogP contribution in [0.3, 0.4) is 0 Å². The van der Waals surface area contributed by atoms with E-state index in [9.17, 15) is 18.0 Å². The van der Waals surface area contributed by atoms with Gasteiger partial charge in [-0.15, -0.1) is 4.90 Å². The van der Waals surface area contributed by atoms with Crippen LogP contribution in [-0.4, -0.2) is 49.5 Å². The average molecular weight is 338 g/mol. The molecular formula is C14H19ClF3N3O. The second kappa shape index (κ2) is 7.49. The fourth-order valence-electron chi connectivity index (χ4n) is 1.66. The summed E-state index contributed by atoms with van der Waals surface area (Å²) in [5, 5.41) is 0. The van der Waals surface area contributed by atoms with E-state index in [1.165, 1.54) is 21.9 Å². The van der Waals surface area contributed by atoms with Gasteiger partial charge in [0.2, 0.25) is 0 Å². The molecule has 0 saturated carbocycles. The Labute approximate surface area is 134 Å². The van der Waals surface area contributed by atoms with Crippen LogP contribution in [0, 0.1) is 0 Å². The molecule has 0 radical (unpaired) electrons. The molecule has 1 rings (SSSR count). The summed E-state index contributed by atoms with van der Waals surface area (Å²) in [6.07, 6.45) is -4.45. The standard InChI is InChI=1S/C14H19F3N3O.ClH/c1-10(18(2)3)20(13(21)19(4)5)12-8-6-7-11(9-12)14(15,16)17;/h6-9H,1-5H3;1H/q+1;/p-1. The first-order valence-electron chi connectivity index (χ1n) is 6.25. The molecule has 0 aliphatic carbocycles. The number of carbonyl (C=O) groups is 1. The minimum atomic E-state index is -4.45. The minimum Gasteiger partial charge on any atom is -1.00 e. The third-order valence-corrected chi connectivity index (χ3v) is 2.98. The van der Waals surface area contributed by atoms with Crippen LogP contribution in [0.4, 0.5) is 23.7 Å². The third kappa shape index (κ3) is 4.62. The number of alkyl halides is 3. The highest BCUT2D eigenvalue weighted by Gasteiger charge is 2.34. The number of benzene rings is 1. The van der Waals surface area contributed by atoms with Crippen molar-refractivity contribution in [3.05, 3.63) is 29.8 Å². The van der Waals surface area contributed by atoms with Gasteiger partial charge in [-0.25, -0.2) is 4.79 Å². The van der Waals surface area contributed by atoms with Gasteiger partial charge in [0.1, 0.15) is 5.69 Å². The molecule has 2 amide bonds. The minimum absolute atomic E-state index is 0. The molecule has 0 aliphatic heterocycles. The van der Waals surface area contributed by atoms with Crippen LogP contribution in [0.1, 0.15) is 12.5 Å². The fourth-order valence-corrected chi connectivity index (χ4v) is 1.66. The normalized spacial score (nSPS) is 10.5. The molecule has 22 heavy (non-hydrogen) atoms. The molecule has 0 fully saturated rings. The Morgan fingerprint density at radius 2 is 1.73 bits per heavy atom. The molecule has 0 N–H and O–H groups in total. The molecule has 0 aliphatic rings. The lowest BCUT2D eigenvalue weighted by Crippen LogP contribution is -3.00. The Morgan fingerprint density at radius 1 is 1.18 bits per heavy atom. The van der Waals surface area contributed by atoms with Crippen LogP contribution in [0.25, 0.3) is 0 Å². The van der Waals surface area contributed by atoms with Crippen LogP contribution >= 0.6 is 0 Å². The smallest absolute Gasteiger partial charge is 0.416 e. The summed E-state index contributed by atoms with van der Waals surface area (Å²) >= 11 is 0. The van der Waals surface area contributed by atoms with E-state index in [4.69, 9.17) is 0 Å². The summed E-state index contributed by atoms with van der Waals surface area (Å²) in [4.78, 5) is 14.8. The van der Waals surface area contributed by atoms with Gasteiger partial charge in [0.05, 0.1) is 19.7 Å². The summed E-state index contributed by atoms with van der Waals surface area (Å²) in [6.45, 7) is 1.67. The third-order valence-electron chi connectivity index (χ3n) is 2.98. The number of amides is 2. The van der Waals surface area contributed by atoms with Crippen molar-refractivity contribution in [1.82, 2.24) is 4.90 Å². The zero-order chi connectivity index (χ0) is 16.4. The first-order valence-corrected chi connectivity index (χ1v) is 6.25. The summed E-state index contributed by atoms with van der Waals surface area (Å²) < 4.78 is 40.1. The zero-order valence-corrected chi connectivity index (χ0v) is 13.8. The molecule has 0 unspecified atom stereocenters. The Morgan fingerprint density at radius 3 is 2.14 bits per heavy atom. The highest BCUT2D eigenvalue weighted by atomic mass is 35.5. The van der Waals surface area contributed by atoms with Gasteiger partial charge in [-0.2, -0.15) is 13.2 Å². The first-order chi connectivity index (χ1) is 9.55. The Bertz CT molecular complexity index is 567. The molecule has 1 aromatic rings. The van der Waals surface area contributed by atoms with Crippen molar-refractivity contribution >= 4 is 17.6 Å². The lowest BCUT2D eigenvalue weighted by molar-refractivity contribution is -0.465. The van der Waals surface area contributed by atoms with E-state index in [0.29, 0.717) is 5.84 Å².